The number of rotatable bonds is 4. The smallest absolute Gasteiger partial charge is 0.207 e. The van der Waals surface area contributed by atoms with Crippen molar-refractivity contribution in [1.29, 1.82) is 0 Å². The lowest BCUT2D eigenvalue weighted by Crippen LogP contribution is -3.07. The number of quaternary nitrogens is 1. The molecule has 0 spiro atoms. The summed E-state index contributed by atoms with van der Waals surface area (Å²) < 4.78 is 17.6. The average molecular weight is 303 g/mol. The minimum atomic E-state index is -0.204. The third-order valence-electron chi connectivity index (χ3n) is 3.30. The highest BCUT2D eigenvalue weighted by molar-refractivity contribution is 7.71. The van der Waals surface area contributed by atoms with E-state index in [2.05, 4.69) is 5.10 Å². The second-order valence-corrected chi connectivity index (χ2v) is 5.50. The van der Waals surface area contributed by atoms with Gasteiger partial charge in [-0.1, -0.05) is 18.2 Å². The lowest BCUT2D eigenvalue weighted by atomic mass is 10.2. The van der Waals surface area contributed by atoms with Crippen LogP contribution in [0.1, 0.15) is 5.56 Å². The summed E-state index contributed by atoms with van der Waals surface area (Å²) in [6.45, 7) is 1.35. The fourth-order valence-corrected chi connectivity index (χ4v) is 2.64. The van der Waals surface area contributed by atoms with Crippen LogP contribution in [0, 0.1) is 10.6 Å². The Labute approximate surface area is 127 Å². The van der Waals surface area contributed by atoms with Gasteiger partial charge in [-0.25, -0.2) is 4.39 Å². The molecule has 21 heavy (non-hydrogen) atoms. The molecule has 0 radical (unpaired) electrons. The standard InChI is InChI=1S/C15H15FN4S/c1-18(10-12-5-4-6-13(16)9-12)11-20-15(21)19-8-3-2-7-14(19)17-20/h2-9H,10-11H2,1H3/p+1. The molecule has 0 amide bonds. The summed E-state index contributed by atoms with van der Waals surface area (Å²) in [4.78, 5) is 1.18. The van der Waals surface area contributed by atoms with E-state index in [1.165, 1.54) is 11.0 Å². The van der Waals surface area contributed by atoms with Crippen molar-refractivity contribution < 1.29 is 9.29 Å². The van der Waals surface area contributed by atoms with Crippen LogP contribution in [0.25, 0.3) is 5.65 Å². The molecule has 0 aliphatic carbocycles. The van der Waals surface area contributed by atoms with E-state index in [-0.39, 0.29) is 5.82 Å². The molecule has 4 nitrogen and oxygen atoms in total. The van der Waals surface area contributed by atoms with Crippen LogP contribution in [0.3, 0.4) is 0 Å². The molecule has 1 aromatic carbocycles. The van der Waals surface area contributed by atoms with E-state index in [4.69, 9.17) is 12.2 Å². The first-order chi connectivity index (χ1) is 10.1. The SMILES string of the molecule is C[NH+](Cc1cccc(F)c1)Cn1nc2ccccn2c1=S. The number of benzene rings is 1. The van der Waals surface area contributed by atoms with Gasteiger partial charge in [0.25, 0.3) is 0 Å². The number of fused-ring (bicyclic) bond motifs is 1. The molecule has 3 rings (SSSR count). The Kier molecular flexibility index (Phi) is 3.81. The largest absolute Gasteiger partial charge is 0.315 e. The van der Waals surface area contributed by atoms with E-state index < -0.39 is 0 Å². The molecule has 0 aliphatic rings. The second-order valence-electron chi connectivity index (χ2n) is 5.13. The number of hydrogen-bond donors (Lipinski definition) is 1. The van der Waals surface area contributed by atoms with Crippen molar-refractivity contribution >= 4 is 17.9 Å². The van der Waals surface area contributed by atoms with Gasteiger partial charge >= 0.3 is 0 Å². The Morgan fingerprint density at radius 3 is 2.86 bits per heavy atom. The lowest BCUT2D eigenvalue weighted by molar-refractivity contribution is -0.917. The van der Waals surface area contributed by atoms with Crippen LogP contribution in [0.15, 0.2) is 48.7 Å². The van der Waals surface area contributed by atoms with Gasteiger partial charge in [0, 0.05) is 11.8 Å². The van der Waals surface area contributed by atoms with E-state index in [0.29, 0.717) is 18.0 Å². The lowest BCUT2D eigenvalue weighted by Gasteiger charge is -2.13. The first kappa shape index (κ1) is 13.9. The summed E-state index contributed by atoms with van der Waals surface area (Å²) in [5.74, 6) is -0.204. The van der Waals surface area contributed by atoms with Crippen LogP contribution in [-0.4, -0.2) is 21.2 Å². The molecule has 1 N–H and O–H groups in total. The van der Waals surface area contributed by atoms with Gasteiger partial charge in [-0.2, -0.15) is 4.68 Å². The number of pyridine rings is 1. The van der Waals surface area contributed by atoms with E-state index in [9.17, 15) is 4.39 Å². The maximum absolute atomic E-state index is 13.2. The number of nitrogens with zero attached hydrogens (tertiary/aromatic N) is 3. The van der Waals surface area contributed by atoms with Crippen molar-refractivity contribution in [2.75, 3.05) is 7.05 Å². The molecule has 0 bridgehead atoms. The summed E-state index contributed by atoms with van der Waals surface area (Å²) in [6.07, 6.45) is 1.91. The van der Waals surface area contributed by atoms with Crippen molar-refractivity contribution in [2.24, 2.45) is 0 Å². The predicted molar refractivity (Wildman–Crippen MR) is 81.0 cm³/mol. The van der Waals surface area contributed by atoms with E-state index in [0.717, 1.165) is 11.2 Å². The third-order valence-corrected chi connectivity index (χ3v) is 3.71. The quantitative estimate of drug-likeness (QED) is 0.742. The molecular weight excluding hydrogens is 287 g/mol. The Bertz CT molecular complexity index is 824. The van der Waals surface area contributed by atoms with Crippen LogP contribution < -0.4 is 4.90 Å². The van der Waals surface area contributed by atoms with Gasteiger partial charge in [0.2, 0.25) is 4.77 Å². The number of halogens is 1. The number of hydrogen-bond acceptors (Lipinski definition) is 2. The van der Waals surface area contributed by atoms with Crippen LogP contribution in [0.4, 0.5) is 4.39 Å². The summed E-state index contributed by atoms with van der Waals surface area (Å²) in [5.41, 5.74) is 1.80. The normalized spacial score (nSPS) is 12.7. The molecule has 6 heteroatoms. The van der Waals surface area contributed by atoms with E-state index in [1.54, 1.807) is 16.8 Å². The summed E-state index contributed by atoms with van der Waals surface area (Å²) in [7, 11) is 2.04. The molecule has 0 saturated heterocycles. The van der Waals surface area contributed by atoms with Gasteiger partial charge in [-0.15, -0.1) is 5.10 Å². The fraction of sp³-hybridized carbons (Fsp3) is 0.200. The Hall–Kier alpha value is -2.05. The molecule has 1 atom stereocenters. The Morgan fingerprint density at radius 1 is 1.24 bits per heavy atom. The van der Waals surface area contributed by atoms with Crippen molar-refractivity contribution in [1.82, 2.24) is 14.2 Å². The Balaban J connectivity index is 1.78. The molecule has 1 unspecified atom stereocenters. The highest BCUT2D eigenvalue weighted by Crippen LogP contribution is 2.03. The zero-order valence-electron chi connectivity index (χ0n) is 11.7. The molecular formula is C15H16FN4S+. The van der Waals surface area contributed by atoms with Gasteiger partial charge in [-0.05, 0) is 36.5 Å². The van der Waals surface area contributed by atoms with Crippen molar-refractivity contribution in [3.05, 3.63) is 64.8 Å². The maximum Gasteiger partial charge on any atom is 0.207 e. The molecule has 108 valence electrons. The molecule has 3 aromatic rings. The average Bonchev–Trinajstić information content (AvgIpc) is 2.76. The highest BCUT2D eigenvalue weighted by Gasteiger charge is 2.09. The number of aromatic nitrogens is 3. The minimum absolute atomic E-state index is 0.204. The second kappa shape index (κ2) is 5.75. The maximum atomic E-state index is 13.2. The van der Waals surface area contributed by atoms with Gasteiger partial charge in [0.05, 0.1) is 7.05 Å². The molecule has 0 fully saturated rings. The van der Waals surface area contributed by atoms with Crippen LogP contribution in [0.5, 0.6) is 0 Å². The van der Waals surface area contributed by atoms with Crippen LogP contribution >= 0.6 is 12.2 Å². The van der Waals surface area contributed by atoms with Gasteiger partial charge in [0.1, 0.15) is 12.4 Å². The van der Waals surface area contributed by atoms with Crippen molar-refractivity contribution in [3.63, 3.8) is 0 Å². The molecule has 2 aromatic heterocycles. The molecule has 2 heterocycles. The van der Waals surface area contributed by atoms with Crippen molar-refractivity contribution in [3.8, 4) is 0 Å². The highest BCUT2D eigenvalue weighted by atomic mass is 32.1. The minimum Gasteiger partial charge on any atom is -0.315 e. The molecule has 0 saturated carbocycles. The first-order valence-corrected chi connectivity index (χ1v) is 7.14. The van der Waals surface area contributed by atoms with Gasteiger partial charge < -0.3 is 4.90 Å². The topological polar surface area (TPSA) is 26.7 Å². The summed E-state index contributed by atoms with van der Waals surface area (Å²) in [5, 5.41) is 4.49. The van der Waals surface area contributed by atoms with Crippen LogP contribution in [-0.2, 0) is 13.2 Å². The summed E-state index contributed by atoms with van der Waals surface area (Å²) in [6, 6.07) is 12.5. The monoisotopic (exact) mass is 303 g/mol. The predicted octanol–water partition coefficient (Wildman–Crippen LogP) is 1.68. The zero-order valence-corrected chi connectivity index (χ0v) is 12.5. The molecule has 0 aliphatic heterocycles. The van der Waals surface area contributed by atoms with Gasteiger partial charge in [0.15, 0.2) is 12.3 Å². The third kappa shape index (κ3) is 3.01. The van der Waals surface area contributed by atoms with E-state index in [1.807, 2.05) is 41.9 Å². The first-order valence-electron chi connectivity index (χ1n) is 6.73. The Morgan fingerprint density at radius 2 is 2.10 bits per heavy atom. The number of nitrogens with one attached hydrogen (secondary N) is 1. The van der Waals surface area contributed by atoms with Gasteiger partial charge in [-0.3, -0.25) is 4.40 Å². The summed E-state index contributed by atoms with van der Waals surface area (Å²) >= 11 is 5.42. The van der Waals surface area contributed by atoms with Crippen LogP contribution in [0.2, 0.25) is 0 Å². The zero-order chi connectivity index (χ0) is 14.8. The van der Waals surface area contributed by atoms with Crippen molar-refractivity contribution in [2.45, 2.75) is 13.2 Å². The van der Waals surface area contributed by atoms with E-state index >= 15 is 0 Å². The fourth-order valence-electron chi connectivity index (χ4n) is 2.38.